The summed E-state index contributed by atoms with van der Waals surface area (Å²) in [5, 5.41) is 6.79. The molecule has 1 aromatic heterocycles. The molecule has 1 fully saturated rings. The molecule has 1 atom stereocenters. The zero-order chi connectivity index (χ0) is 11.5. The van der Waals surface area contributed by atoms with Crippen molar-refractivity contribution in [2.24, 2.45) is 11.8 Å². The van der Waals surface area contributed by atoms with Gasteiger partial charge in [0, 0.05) is 17.0 Å². The van der Waals surface area contributed by atoms with Gasteiger partial charge in [-0.25, -0.2) is 4.98 Å². The number of amides is 1. The smallest absolute Gasteiger partial charge is 0.229 e. The topological polar surface area (TPSA) is 54.0 Å². The molecule has 2 rings (SSSR count). The van der Waals surface area contributed by atoms with Gasteiger partial charge in [-0.1, -0.05) is 13.8 Å². The van der Waals surface area contributed by atoms with Crippen LogP contribution in [0.4, 0.5) is 5.13 Å². The minimum atomic E-state index is 0. The molecule has 0 spiro atoms. The first-order chi connectivity index (χ1) is 7.70. The third-order valence-corrected chi connectivity index (χ3v) is 4.12. The summed E-state index contributed by atoms with van der Waals surface area (Å²) >= 11 is 1.56. The molecular formula is C11H18ClN3OS. The lowest BCUT2D eigenvalue weighted by molar-refractivity contribution is -0.121. The molecule has 0 radical (unpaired) electrons. The van der Waals surface area contributed by atoms with Gasteiger partial charge in [0.1, 0.15) is 0 Å². The number of aromatic nitrogens is 1. The molecule has 0 saturated carbocycles. The fourth-order valence-electron chi connectivity index (χ4n) is 1.63. The number of aryl methyl sites for hydroxylation is 1. The Morgan fingerprint density at radius 1 is 1.71 bits per heavy atom. The fourth-order valence-corrected chi connectivity index (χ4v) is 2.38. The van der Waals surface area contributed by atoms with Gasteiger partial charge in [-0.05, 0) is 25.4 Å². The average molecular weight is 276 g/mol. The molecule has 4 nitrogen and oxygen atoms in total. The highest BCUT2D eigenvalue weighted by Gasteiger charge is 2.28. The second kappa shape index (κ2) is 6.33. The van der Waals surface area contributed by atoms with Crippen LogP contribution >= 0.6 is 23.7 Å². The molecule has 1 unspecified atom stereocenters. The van der Waals surface area contributed by atoms with E-state index in [0.29, 0.717) is 5.92 Å². The van der Waals surface area contributed by atoms with Gasteiger partial charge in [-0.3, -0.25) is 4.79 Å². The molecule has 1 saturated heterocycles. The average Bonchev–Trinajstić information content (AvgIpc) is 2.62. The second-order valence-electron chi connectivity index (χ2n) is 4.18. The van der Waals surface area contributed by atoms with E-state index in [0.717, 1.165) is 24.6 Å². The van der Waals surface area contributed by atoms with Gasteiger partial charge in [-0.15, -0.1) is 23.7 Å². The maximum absolute atomic E-state index is 11.9. The Morgan fingerprint density at radius 2 is 2.41 bits per heavy atom. The van der Waals surface area contributed by atoms with E-state index < -0.39 is 0 Å². The van der Waals surface area contributed by atoms with Crippen LogP contribution < -0.4 is 10.6 Å². The fraction of sp³-hybridized carbons (Fsp3) is 0.636. The molecule has 17 heavy (non-hydrogen) atoms. The monoisotopic (exact) mass is 275 g/mol. The second-order valence-corrected chi connectivity index (χ2v) is 5.30. The number of hydrogen-bond donors (Lipinski definition) is 2. The number of carbonyl (C=O) groups excluding carboxylic acids is 1. The summed E-state index contributed by atoms with van der Waals surface area (Å²) in [5.41, 5.74) is 0. The van der Waals surface area contributed by atoms with Crippen LogP contribution in [0.5, 0.6) is 0 Å². The van der Waals surface area contributed by atoms with E-state index in [-0.39, 0.29) is 24.2 Å². The minimum absolute atomic E-state index is 0. The highest BCUT2D eigenvalue weighted by molar-refractivity contribution is 7.15. The van der Waals surface area contributed by atoms with Crippen LogP contribution in [-0.4, -0.2) is 24.0 Å². The Labute approximate surface area is 112 Å². The largest absolute Gasteiger partial charge is 0.316 e. The van der Waals surface area contributed by atoms with Crippen LogP contribution in [0.1, 0.15) is 18.7 Å². The summed E-state index contributed by atoms with van der Waals surface area (Å²) in [6.07, 6.45) is 2.80. The Hall–Kier alpha value is -0.650. The van der Waals surface area contributed by atoms with E-state index >= 15 is 0 Å². The first-order valence-corrected chi connectivity index (χ1v) is 6.48. The Morgan fingerprint density at radius 3 is 2.88 bits per heavy atom. The summed E-state index contributed by atoms with van der Waals surface area (Å²) in [6, 6.07) is 0. The number of hydrogen-bond acceptors (Lipinski definition) is 4. The summed E-state index contributed by atoms with van der Waals surface area (Å²) in [5.74, 6) is 0.629. The van der Waals surface area contributed by atoms with Gasteiger partial charge in [-0.2, -0.15) is 0 Å². The third kappa shape index (κ3) is 3.40. The number of halogens is 1. The quantitative estimate of drug-likeness (QED) is 0.883. The highest BCUT2D eigenvalue weighted by atomic mass is 35.5. The zero-order valence-corrected chi connectivity index (χ0v) is 11.7. The van der Waals surface area contributed by atoms with Crippen molar-refractivity contribution >= 4 is 34.8 Å². The summed E-state index contributed by atoms with van der Waals surface area (Å²) < 4.78 is 0. The zero-order valence-electron chi connectivity index (χ0n) is 10.0. The Bertz CT molecular complexity index is 379. The van der Waals surface area contributed by atoms with Crippen LogP contribution in [0.2, 0.25) is 0 Å². The first-order valence-electron chi connectivity index (χ1n) is 5.67. The Kier molecular flexibility index (Phi) is 5.36. The lowest BCUT2D eigenvalue weighted by Crippen LogP contribution is -2.48. The number of rotatable bonds is 4. The van der Waals surface area contributed by atoms with Gasteiger partial charge in [0.25, 0.3) is 0 Å². The van der Waals surface area contributed by atoms with Crippen LogP contribution in [0.15, 0.2) is 6.20 Å². The van der Waals surface area contributed by atoms with E-state index in [9.17, 15) is 4.79 Å². The van der Waals surface area contributed by atoms with Crippen molar-refractivity contribution in [1.82, 2.24) is 10.3 Å². The maximum Gasteiger partial charge on any atom is 0.229 e. The summed E-state index contributed by atoms with van der Waals surface area (Å²) in [4.78, 5) is 17.3. The van der Waals surface area contributed by atoms with E-state index in [1.165, 1.54) is 4.88 Å². The SMILES string of the molecule is CCc1cnc(NC(=O)C(C)C2CNC2)s1.Cl. The third-order valence-electron chi connectivity index (χ3n) is 3.07. The van der Waals surface area contributed by atoms with Gasteiger partial charge < -0.3 is 10.6 Å². The Balaban J connectivity index is 0.00000144. The van der Waals surface area contributed by atoms with Crippen molar-refractivity contribution in [2.45, 2.75) is 20.3 Å². The van der Waals surface area contributed by atoms with Crippen LogP contribution in [-0.2, 0) is 11.2 Å². The number of nitrogens with one attached hydrogen (secondary N) is 2. The molecule has 1 aliphatic rings. The van der Waals surface area contributed by atoms with Crippen LogP contribution in [0, 0.1) is 11.8 Å². The van der Waals surface area contributed by atoms with Crippen LogP contribution in [0.3, 0.4) is 0 Å². The van der Waals surface area contributed by atoms with Gasteiger partial charge in [0.15, 0.2) is 5.13 Å². The molecular weight excluding hydrogens is 258 g/mol. The van der Waals surface area contributed by atoms with Crippen molar-refractivity contribution in [1.29, 1.82) is 0 Å². The maximum atomic E-state index is 11.9. The van der Waals surface area contributed by atoms with Crippen LogP contribution in [0.25, 0.3) is 0 Å². The molecule has 1 amide bonds. The minimum Gasteiger partial charge on any atom is -0.316 e. The molecule has 2 heterocycles. The predicted molar refractivity (Wildman–Crippen MR) is 72.9 cm³/mol. The molecule has 0 aromatic carbocycles. The lowest BCUT2D eigenvalue weighted by atomic mass is 9.88. The van der Waals surface area contributed by atoms with E-state index in [4.69, 9.17) is 0 Å². The molecule has 2 N–H and O–H groups in total. The van der Waals surface area contributed by atoms with Crippen molar-refractivity contribution in [3.63, 3.8) is 0 Å². The van der Waals surface area contributed by atoms with Gasteiger partial charge in [0.05, 0.1) is 0 Å². The number of nitrogens with zero attached hydrogens (tertiary/aromatic N) is 1. The molecule has 0 aliphatic carbocycles. The highest BCUT2D eigenvalue weighted by Crippen LogP contribution is 2.21. The lowest BCUT2D eigenvalue weighted by Gasteiger charge is -2.31. The van der Waals surface area contributed by atoms with Crippen molar-refractivity contribution in [2.75, 3.05) is 18.4 Å². The van der Waals surface area contributed by atoms with Crippen molar-refractivity contribution in [3.8, 4) is 0 Å². The number of thiazole rings is 1. The van der Waals surface area contributed by atoms with E-state index in [1.54, 1.807) is 11.3 Å². The first kappa shape index (κ1) is 14.4. The predicted octanol–water partition coefficient (Wildman–Crippen LogP) is 1.92. The van der Waals surface area contributed by atoms with E-state index in [1.807, 2.05) is 13.1 Å². The standard InChI is InChI=1S/C11H17N3OS.ClH/c1-3-9-6-13-11(16-9)14-10(15)7(2)8-4-12-5-8;/h6-8,12H,3-5H2,1-2H3,(H,13,14,15);1H. The molecule has 0 bridgehead atoms. The number of anilines is 1. The molecule has 1 aromatic rings. The van der Waals surface area contributed by atoms with Gasteiger partial charge >= 0.3 is 0 Å². The molecule has 96 valence electrons. The number of carbonyl (C=O) groups is 1. The van der Waals surface area contributed by atoms with E-state index in [2.05, 4.69) is 22.5 Å². The van der Waals surface area contributed by atoms with Crippen molar-refractivity contribution in [3.05, 3.63) is 11.1 Å². The summed E-state index contributed by atoms with van der Waals surface area (Å²) in [6.45, 7) is 5.97. The normalized spacial score (nSPS) is 16.8. The van der Waals surface area contributed by atoms with Crippen molar-refractivity contribution < 1.29 is 4.79 Å². The summed E-state index contributed by atoms with van der Waals surface area (Å²) in [7, 11) is 0. The molecule has 1 aliphatic heterocycles. The van der Waals surface area contributed by atoms with Gasteiger partial charge in [0.2, 0.25) is 5.91 Å². The molecule has 6 heteroatoms.